The highest BCUT2D eigenvalue weighted by Crippen LogP contribution is 2.08. The van der Waals surface area contributed by atoms with Crippen molar-refractivity contribution in [3.8, 4) is 0 Å². The number of ether oxygens (including phenoxy) is 1. The zero-order valence-electron chi connectivity index (χ0n) is 16.3. The number of nitrogens with zero attached hydrogens (tertiary/aromatic N) is 1. The molecule has 24 heavy (non-hydrogen) atoms. The van der Waals surface area contributed by atoms with Crippen LogP contribution in [0, 0.1) is 0 Å². The van der Waals surface area contributed by atoms with E-state index in [4.69, 9.17) is 4.74 Å². The molecule has 0 aromatic heterocycles. The van der Waals surface area contributed by atoms with E-state index in [1.54, 1.807) is 0 Å². The summed E-state index contributed by atoms with van der Waals surface area (Å²) in [5.41, 5.74) is 0. The summed E-state index contributed by atoms with van der Waals surface area (Å²) >= 11 is 0. The van der Waals surface area contributed by atoms with Crippen molar-refractivity contribution in [3.63, 3.8) is 0 Å². The Labute approximate surface area is 149 Å². The minimum absolute atomic E-state index is 0.107. The SMILES string of the molecule is CCCCCCN(CCCCCC)C(=O)CCC(=O)OCCCC. The fourth-order valence-electron chi connectivity index (χ4n) is 2.59. The minimum Gasteiger partial charge on any atom is -0.466 e. The summed E-state index contributed by atoms with van der Waals surface area (Å²) in [6.45, 7) is 8.58. The van der Waals surface area contributed by atoms with Crippen molar-refractivity contribution >= 4 is 11.9 Å². The number of amides is 1. The highest BCUT2D eigenvalue weighted by atomic mass is 16.5. The number of esters is 1. The van der Waals surface area contributed by atoms with Gasteiger partial charge in [-0.15, -0.1) is 0 Å². The van der Waals surface area contributed by atoms with Gasteiger partial charge in [-0.05, 0) is 19.3 Å². The maximum atomic E-state index is 12.4. The lowest BCUT2D eigenvalue weighted by atomic mass is 10.1. The Kier molecular flexibility index (Phi) is 16.0. The van der Waals surface area contributed by atoms with E-state index >= 15 is 0 Å². The third-order valence-electron chi connectivity index (χ3n) is 4.22. The smallest absolute Gasteiger partial charge is 0.306 e. The van der Waals surface area contributed by atoms with Crippen LogP contribution in [0.1, 0.15) is 97.8 Å². The fraction of sp³-hybridized carbons (Fsp3) is 0.900. The summed E-state index contributed by atoms with van der Waals surface area (Å²) in [4.78, 5) is 26.0. The van der Waals surface area contributed by atoms with Gasteiger partial charge in [-0.25, -0.2) is 0 Å². The monoisotopic (exact) mass is 341 g/mol. The van der Waals surface area contributed by atoms with Crippen LogP contribution < -0.4 is 0 Å². The highest BCUT2D eigenvalue weighted by Gasteiger charge is 2.15. The Morgan fingerprint density at radius 3 is 1.75 bits per heavy atom. The molecule has 0 unspecified atom stereocenters. The second kappa shape index (κ2) is 16.8. The Morgan fingerprint density at radius 1 is 0.708 bits per heavy atom. The first-order valence-electron chi connectivity index (χ1n) is 10.1. The molecule has 0 saturated heterocycles. The van der Waals surface area contributed by atoms with Crippen LogP contribution in [0.4, 0.5) is 0 Å². The van der Waals surface area contributed by atoms with Crippen molar-refractivity contribution in [1.82, 2.24) is 4.90 Å². The maximum absolute atomic E-state index is 12.4. The van der Waals surface area contributed by atoms with Gasteiger partial charge in [0.2, 0.25) is 5.91 Å². The molecule has 0 aromatic rings. The van der Waals surface area contributed by atoms with Crippen LogP contribution in [-0.4, -0.2) is 36.5 Å². The van der Waals surface area contributed by atoms with E-state index < -0.39 is 0 Å². The van der Waals surface area contributed by atoms with Crippen LogP contribution in [-0.2, 0) is 14.3 Å². The van der Waals surface area contributed by atoms with Crippen LogP contribution in [0.15, 0.2) is 0 Å². The number of rotatable bonds is 16. The van der Waals surface area contributed by atoms with Crippen LogP contribution in [0.3, 0.4) is 0 Å². The molecule has 0 aliphatic carbocycles. The molecule has 0 spiro atoms. The summed E-state index contributed by atoms with van der Waals surface area (Å²) in [5.74, 6) is -0.135. The molecule has 0 radical (unpaired) electrons. The van der Waals surface area contributed by atoms with Gasteiger partial charge in [-0.1, -0.05) is 65.7 Å². The molecule has 0 fully saturated rings. The van der Waals surface area contributed by atoms with Crippen molar-refractivity contribution in [2.75, 3.05) is 19.7 Å². The lowest BCUT2D eigenvalue weighted by Crippen LogP contribution is -2.33. The lowest BCUT2D eigenvalue weighted by Gasteiger charge is -2.23. The van der Waals surface area contributed by atoms with Crippen molar-refractivity contribution in [2.24, 2.45) is 0 Å². The molecule has 0 bridgehead atoms. The Balaban J connectivity index is 4.15. The van der Waals surface area contributed by atoms with Crippen molar-refractivity contribution in [2.45, 2.75) is 97.8 Å². The summed E-state index contributed by atoms with van der Waals surface area (Å²) in [6.07, 6.45) is 11.7. The van der Waals surface area contributed by atoms with E-state index in [0.717, 1.165) is 38.8 Å². The largest absolute Gasteiger partial charge is 0.466 e. The molecule has 0 atom stereocenters. The molecule has 0 rings (SSSR count). The molecule has 1 amide bonds. The molecule has 4 nitrogen and oxygen atoms in total. The number of carbonyl (C=O) groups is 2. The number of hydrogen-bond donors (Lipinski definition) is 0. The fourth-order valence-corrected chi connectivity index (χ4v) is 2.59. The maximum Gasteiger partial charge on any atom is 0.306 e. The first-order chi connectivity index (χ1) is 11.7. The molecule has 4 heteroatoms. The minimum atomic E-state index is -0.242. The van der Waals surface area contributed by atoms with Crippen LogP contribution in [0.25, 0.3) is 0 Å². The Bertz CT molecular complexity index is 306. The predicted octanol–water partition coefficient (Wildman–Crippen LogP) is 5.10. The number of hydrogen-bond acceptors (Lipinski definition) is 3. The summed E-state index contributed by atoms with van der Waals surface area (Å²) in [6, 6.07) is 0. The first-order valence-corrected chi connectivity index (χ1v) is 10.1. The van der Waals surface area contributed by atoms with Crippen LogP contribution in [0.5, 0.6) is 0 Å². The molecule has 0 saturated carbocycles. The third kappa shape index (κ3) is 13.4. The Hall–Kier alpha value is -1.06. The normalized spacial score (nSPS) is 10.6. The lowest BCUT2D eigenvalue weighted by molar-refractivity contribution is -0.146. The predicted molar refractivity (Wildman–Crippen MR) is 100.0 cm³/mol. The number of carbonyl (C=O) groups excluding carboxylic acids is 2. The molecular weight excluding hydrogens is 302 g/mol. The van der Waals surface area contributed by atoms with Gasteiger partial charge in [0, 0.05) is 19.5 Å². The van der Waals surface area contributed by atoms with E-state index in [1.165, 1.54) is 38.5 Å². The standard InChI is InChI=1S/C20H39NO3/c1-4-7-10-12-16-21(17-13-11-8-5-2)19(22)14-15-20(23)24-18-9-6-3/h4-18H2,1-3H3. The summed E-state index contributed by atoms with van der Waals surface area (Å²) < 4.78 is 5.13. The van der Waals surface area contributed by atoms with Gasteiger partial charge in [0.15, 0.2) is 0 Å². The van der Waals surface area contributed by atoms with Crippen LogP contribution >= 0.6 is 0 Å². The average Bonchev–Trinajstić information content (AvgIpc) is 2.58. The molecular formula is C20H39NO3. The molecule has 142 valence electrons. The average molecular weight is 342 g/mol. The van der Waals surface area contributed by atoms with Crippen molar-refractivity contribution < 1.29 is 14.3 Å². The van der Waals surface area contributed by atoms with Crippen molar-refractivity contribution in [3.05, 3.63) is 0 Å². The molecule has 0 N–H and O–H groups in total. The third-order valence-corrected chi connectivity index (χ3v) is 4.22. The Morgan fingerprint density at radius 2 is 1.25 bits per heavy atom. The van der Waals surface area contributed by atoms with Crippen LogP contribution in [0.2, 0.25) is 0 Å². The van der Waals surface area contributed by atoms with E-state index in [9.17, 15) is 9.59 Å². The quantitative estimate of drug-likeness (QED) is 0.290. The number of unbranched alkanes of at least 4 members (excludes halogenated alkanes) is 7. The van der Waals surface area contributed by atoms with Gasteiger partial charge in [-0.3, -0.25) is 9.59 Å². The van der Waals surface area contributed by atoms with Gasteiger partial charge in [0.1, 0.15) is 0 Å². The van der Waals surface area contributed by atoms with Gasteiger partial charge in [-0.2, -0.15) is 0 Å². The summed E-state index contributed by atoms with van der Waals surface area (Å²) in [7, 11) is 0. The van der Waals surface area contributed by atoms with E-state index in [2.05, 4.69) is 20.8 Å². The van der Waals surface area contributed by atoms with Gasteiger partial charge < -0.3 is 9.64 Å². The van der Waals surface area contributed by atoms with Gasteiger partial charge in [0.25, 0.3) is 0 Å². The molecule has 0 aliphatic rings. The highest BCUT2D eigenvalue weighted by molar-refractivity contribution is 5.81. The second-order valence-electron chi connectivity index (χ2n) is 6.58. The molecule has 0 aromatic carbocycles. The summed E-state index contributed by atoms with van der Waals surface area (Å²) in [5, 5.41) is 0. The zero-order chi connectivity index (χ0) is 18.0. The van der Waals surface area contributed by atoms with E-state index in [-0.39, 0.29) is 24.7 Å². The van der Waals surface area contributed by atoms with E-state index in [0.29, 0.717) is 6.61 Å². The molecule has 0 heterocycles. The van der Waals surface area contributed by atoms with Crippen molar-refractivity contribution in [1.29, 1.82) is 0 Å². The topological polar surface area (TPSA) is 46.6 Å². The second-order valence-corrected chi connectivity index (χ2v) is 6.58. The van der Waals surface area contributed by atoms with Gasteiger partial charge >= 0.3 is 5.97 Å². The molecule has 0 aliphatic heterocycles. The van der Waals surface area contributed by atoms with Gasteiger partial charge in [0.05, 0.1) is 13.0 Å². The zero-order valence-corrected chi connectivity index (χ0v) is 16.3. The first kappa shape index (κ1) is 22.9. The van der Waals surface area contributed by atoms with E-state index in [1.807, 2.05) is 4.90 Å².